The fourth-order valence-electron chi connectivity index (χ4n) is 3.31. The van der Waals surface area contributed by atoms with Crippen molar-refractivity contribution in [3.8, 4) is 5.75 Å². The van der Waals surface area contributed by atoms with E-state index in [1.165, 1.54) is 16.5 Å². The average molecular weight is 288 g/mol. The molecule has 0 radical (unpaired) electrons. The van der Waals surface area contributed by atoms with Crippen LogP contribution in [0.5, 0.6) is 5.75 Å². The largest absolute Gasteiger partial charge is 0.497 e. The van der Waals surface area contributed by atoms with Gasteiger partial charge >= 0.3 is 0 Å². The number of nitrogens with zero attached hydrogens (tertiary/aromatic N) is 2. The maximum absolute atomic E-state index is 9.28. The van der Waals surface area contributed by atoms with Gasteiger partial charge in [0.15, 0.2) is 0 Å². The monoisotopic (exact) mass is 288 g/mol. The summed E-state index contributed by atoms with van der Waals surface area (Å²) in [4.78, 5) is 2.44. The molecule has 1 fully saturated rings. The van der Waals surface area contributed by atoms with Crippen LogP contribution < -0.4 is 4.74 Å². The molecule has 1 aliphatic heterocycles. The summed E-state index contributed by atoms with van der Waals surface area (Å²) in [7, 11) is 1.71. The molecule has 0 spiro atoms. The van der Waals surface area contributed by atoms with E-state index in [4.69, 9.17) is 4.74 Å². The Morgan fingerprint density at radius 1 is 1.38 bits per heavy atom. The first kappa shape index (κ1) is 14.4. The highest BCUT2D eigenvalue weighted by Gasteiger charge is 2.22. The van der Waals surface area contributed by atoms with Crippen LogP contribution in [0.3, 0.4) is 0 Å². The van der Waals surface area contributed by atoms with E-state index in [1.807, 2.05) is 6.07 Å². The van der Waals surface area contributed by atoms with Crippen molar-refractivity contribution in [2.75, 3.05) is 26.8 Å². The second kappa shape index (κ2) is 6.08. The number of hydrogen-bond donors (Lipinski definition) is 1. The third kappa shape index (κ3) is 2.78. The third-order valence-electron chi connectivity index (χ3n) is 4.53. The Morgan fingerprint density at radius 2 is 2.24 bits per heavy atom. The number of ether oxygens (including phenoxy) is 1. The lowest BCUT2D eigenvalue weighted by Crippen LogP contribution is -2.20. The number of methoxy groups -OCH3 is 1. The minimum Gasteiger partial charge on any atom is -0.497 e. The van der Waals surface area contributed by atoms with Gasteiger partial charge in [0.05, 0.1) is 7.11 Å². The highest BCUT2D eigenvalue weighted by molar-refractivity contribution is 5.85. The number of aryl methyl sites for hydroxylation is 1. The predicted molar refractivity (Wildman–Crippen MR) is 84.6 cm³/mol. The van der Waals surface area contributed by atoms with E-state index < -0.39 is 0 Å². The number of fused-ring (bicyclic) bond motifs is 1. The van der Waals surface area contributed by atoms with Crippen LogP contribution >= 0.6 is 0 Å². The van der Waals surface area contributed by atoms with Gasteiger partial charge in [0.2, 0.25) is 0 Å². The van der Waals surface area contributed by atoms with Gasteiger partial charge in [-0.05, 0) is 49.6 Å². The van der Waals surface area contributed by atoms with Gasteiger partial charge in [-0.2, -0.15) is 0 Å². The Labute approximate surface area is 125 Å². The fourth-order valence-corrected chi connectivity index (χ4v) is 3.31. The first-order valence-corrected chi connectivity index (χ1v) is 7.74. The van der Waals surface area contributed by atoms with Crippen LogP contribution in [0.1, 0.15) is 18.9 Å². The van der Waals surface area contributed by atoms with Crippen molar-refractivity contribution in [2.24, 2.45) is 5.92 Å². The van der Waals surface area contributed by atoms with Gasteiger partial charge in [-0.25, -0.2) is 0 Å². The molecule has 0 amide bonds. The molecule has 21 heavy (non-hydrogen) atoms. The van der Waals surface area contributed by atoms with E-state index in [1.54, 1.807) is 7.11 Å². The summed E-state index contributed by atoms with van der Waals surface area (Å²) >= 11 is 0. The molecule has 2 heterocycles. The quantitative estimate of drug-likeness (QED) is 0.918. The predicted octanol–water partition coefficient (Wildman–Crippen LogP) is 2.48. The highest BCUT2D eigenvalue weighted by atomic mass is 16.5. The lowest BCUT2D eigenvalue weighted by Gasteiger charge is -2.15. The van der Waals surface area contributed by atoms with Crippen molar-refractivity contribution in [2.45, 2.75) is 26.4 Å². The lowest BCUT2D eigenvalue weighted by molar-refractivity contribution is 0.220. The second-order valence-electron chi connectivity index (χ2n) is 5.90. The smallest absolute Gasteiger partial charge is 0.119 e. The van der Waals surface area contributed by atoms with Gasteiger partial charge in [0, 0.05) is 43.3 Å². The van der Waals surface area contributed by atoms with Gasteiger partial charge < -0.3 is 14.4 Å². The van der Waals surface area contributed by atoms with Crippen molar-refractivity contribution >= 4 is 10.9 Å². The van der Waals surface area contributed by atoms with E-state index >= 15 is 0 Å². The Balaban J connectivity index is 1.90. The number of benzene rings is 1. The molecule has 2 aromatic rings. The second-order valence-corrected chi connectivity index (χ2v) is 5.90. The molecular weight excluding hydrogens is 264 g/mol. The Kier molecular flexibility index (Phi) is 4.17. The number of aromatic nitrogens is 1. The number of rotatable bonds is 5. The minimum absolute atomic E-state index is 0.307. The van der Waals surface area contributed by atoms with E-state index in [0.717, 1.165) is 38.3 Å². The zero-order valence-corrected chi connectivity index (χ0v) is 12.9. The number of likely N-dealkylation sites (tertiary alicyclic amines) is 1. The standard InChI is InChI=1S/C17H24N2O2/c1-3-19-11-14(10-18-7-6-13(9-18)12-20)16-8-15(21-2)4-5-17(16)19/h4-5,8,11,13,20H,3,6-7,9-10,12H2,1-2H3/t13-/m0/s1. The molecule has 1 saturated heterocycles. The molecular formula is C17H24N2O2. The van der Waals surface area contributed by atoms with Gasteiger partial charge in [-0.1, -0.05) is 0 Å². The van der Waals surface area contributed by atoms with Crippen molar-refractivity contribution in [3.63, 3.8) is 0 Å². The number of hydrogen-bond acceptors (Lipinski definition) is 3. The van der Waals surface area contributed by atoms with Crippen LogP contribution in [-0.4, -0.2) is 41.4 Å². The molecule has 1 aliphatic rings. The summed E-state index contributed by atoms with van der Waals surface area (Å²) in [6.07, 6.45) is 3.36. The molecule has 1 atom stereocenters. The van der Waals surface area contributed by atoms with E-state index in [-0.39, 0.29) is 0 Å². The first-order valence-electron chi connectivity index (χ1n) is 7.74. The zero-order valence-electron chi connectivity index (χ0n) is 12.9. The Hall–Kier alpha value is -1.52. The van der Waals surface area contributed by atoms with Crippen LogP contribution in [0.4, 0.5) is 0 Å². The maximum Gasteiger partial charge on any atom is 0.119 e. The van der Waals surface area contributed by atoms with Crippen LogP contribution in [0.15, 0.2) is 24.4 Å². The summed E-state index contributed by atoms with van der Waals surface area (Å²) in [5.41, 5.74) is 2.62. The van der Waals surface area contributed by atoms with Gasteiger partial charge in [-0.15, -0.1) is 0 Å². The molecule has 1 aromatic heterocycles. The molecule has 4 nitrogen and oxygen atoms in total. The molecule has 0 saturated carbocycles. The van der Waals surface area contributed by atoms with Crippen molar-refractivity contribution in [1.29, 1.82) is 0 Å². The third-order valence-corrected chi connectivity index (χ3v) is 4.53. The minimum atomic E-state index is 0.307. The van der Waals surface area contributed by atoms with Crippen LogP contribution in [-0.2, 0) is 13.1 Å². The van der Waals surface area contributed by atoms with Crippen molar-refractivity contribution < 1.29 is 9.84 Å². The topological polar surface area (TPSA) is 37.6 Å². The van der Waals surface area contributed by atoms with Gasteiger partial charge in [-0.3, -0.25) is 4.90 Å². The summed E-state index contributed by atoms with van der Waals surface area (Å²) in [6.45, 7) is 6.48. The van der Waals surface area contributed by atoms with E-state index in [9.17, 15) is 5.11 Å². The van der Waals surface area contributed by atoms with Crippen LogP contribution in [0, 0.1) is 5.92 Å². The lowest BCUT2D eigenvalue weighted by atomic mass is 10.1. The van der Waals surface area contributed by atoms with E-state index in [0.29, 0.717) is 12.5 Å². The van der Waals surface area contributed by atoms with Crippen molar-refractivity contribution in [3.05, 3.63) is 30.0 Å². The summed E-state index contributed by atoms with van der Waals surface area (Å²) < 4.78 is 7.66. The molecule has 114 valence electrons. The Bertz CT molecular complexity index is 621. The summed E-state index contributed by atoms with van der Waals surface area (Å²) in [5, 5.41) is 10.6. The van der Waals surface area contributed by atoms with Crippen LogP contribution in [0.2, 0.25) is 0 Å². The molecule has 0 unspecified atom stereocenters. The number of aliphatic hydroxyl groups excluding tert-OH is 1. The molecule has 1 aromatic carbocycles. The van der Waals surface area contributed by atoms with Gasteiger partial charge in [0.25, 0.3) is 0 Å². The fraction of sp³-hybridized carbons (Fsp3) is 0.529. The first-order chi connectivity index (χ1) is 10.2. The van der Waals surface area contributed by atoms with Crippen molar-refractivity contribution in [1.82, 2.24) is 9.47 Å². The maximum atomic E-state index is 9.28. The zero-order chi connectivity index (χ0) is 14.8. The molecule has 4 heteroatoms. The highest BCUT2D eigenvalue weighted by Crippen LogP contribution is 2.28. The number of aliphatic hydroxyl groups is 1. The van der Waals surface area contributed by atoms with Crippen LogP contribution in [0.25, 0.3) is 10.9 Å². The Morgan fingerprint density at radius 3 is 2.90 bits per heavy atom. The summed E-state index contributed by atoms with van der Waals surface area (Å²) in [6, 6.07) is 6.30. The molecule has 3 rings (SSSR count). The SMILES string of the molecule is CCn1cc(CN2CC[C@H](CO)C2)c2cc(OC)ccc21. The average Bonchev–Trinajstić information content (AvgIpc) is 3.11. The van der Waals surface area contributed by atoms with E-state index in [2.05, 4.69) is 34.7 Å². The molecule has 1 N–H and O–H groups in total. The molecule has 0 bridgehead atoms. The van der Waals surface area contributed by atoms with Gasteiger partial charge in [0.1, 0.15) is 5.75 Å². The normalized spacial score (nSPS) is 19.5. The molecule has 0 aliphatic carbocycles. The summed E-state index contributed by atoms with van der Waals surface area (Å²) in [5.74, 6) is 1.35.